The minimum absolute atomic E-state index is 0.0128. The summed E-state index contributed by atoms with van der Waals surface area (Å²) in [6.45, 7) is 4.69. The van der Waals surface area contributed by atoms with E-state index in [1.54, 1.807) is 0 Å². The Bertz CT molecular complexity index is 275. The Hall–Kier alpha value is -0.0400. The molecule has 0 heterocycles. The van der Waals surface area contributed by atoms with Gasteiger partial charge >= 0.3 is 0 Å². The van der Waals surface area contributed by atoms with E-state index in [0.717, 1.165) is 12.3 Å². The molecule has 0 radical (unpaired) electrons. The first-order chi connectivity index (χ1) is 12.2. The van der Waals surface area contributed by atoms with Gasteiger partial charge in [-0.1, -0.05) is 117 Å². The third-order valence-corrected chi connectivity index (χ3v) is 6.37. The van der Waals surface area contributed by atoms with Crippen LogP contribution in [-0.2, 0) is 0 Å². The van der Waals surface area contributed by atoms with Gasteiger partial charge in [0.2, 0.25) is 0 Å². The van der Waals surface area contributed by atoms with Crippen LogP contribution in [0, 0.1) is 11.8 Å². The number of aliphatic hydroxyl groups excluding tert-OH is 1. The molecule has 1 unspecified atom stereocenters. The van der Waals surface area contributed by atoms with Crippen LogP contribution in [0.1, 0.15) is 136 Å². The summed E-state index contributed by atoms with van der Waals surface area (Å²) in [4.78, 5) is 0. The van der Waals surface area contributed by atoms with Gasteiger partial charge in [-0.15, -0.1) is 0 Å². The summed E-state index contributed by atoms with van der Waals surface area (Å²) in [5, 5.41) is 9.93. The lowest BCUT2D eigenvalue weighted by Gasteiger charge is -2.19. The Morgan fingerprint density at radius 2 is 1.20 bits per heavy atom. The van der Waals surface area contributed by atoms with E-state index in [0.29, 0.717) is 5.92 Å². The maximum Gasteiger partial charge on any atom is 0.0568 e. The lowest BCUT2D eigenvalue weighted by Crippen LogP contribution is -2.16. The lowest BCUT2D eigenvalue weighted by atomic mass is 9.89. The van der Waals surface area contributed by atoms with Crippen molar-refractivity contribution in [3.8, 4) is 0 Å². The third-order valence-electron chi connectivity index (χ3n) is 6.37. The Morgan fingerprint density at radius 3 is 1.64 bits per heavy atom. The van der Waals surface area contributed by atoms with Crippen molar-refractivity contribution in [1.82, 2.24) is 0 Å². The highest BCUT2D eigenvalue weighted by Gasteiger charge is 2.26. The van der Waals surface area contributed by atoms with Crippen LogP contribution in [0.25, 0.3) is 0 Å². The molecule has 0 amide bonds. The zero-order valence-corrected chi connectivity index (χ0v) is 17.6. The number of aliphatic hydroxyl groups is 1. The zero-order chi connectivity index (χ0) is 18.2. The van der Waals surface area contributed by atoms with Gasteiger partial charge in [-0.05, 0) is 31.1 Å². The summed E-state index contributed by atoms with van der Waals surface area (Å²) in [6, 6.07) is 0. The first-order valence-corrected chi connectivity index (χ1v) is 11.9. The molecule has 0 spiro atoms. The molecule has 0 aromatic rings. The van der Waals surface area contributed by atoms with Crippen LogP contribution in [0.2, 0.25) is 0 Å². The molecule has 3 atom stereocenters. The maximum absolute atomic E-state index is 9.93. The van der Waals surface area contributed by atoms with Crippen LogP contribution in [0.4, 0.5) is 0 Å². The highest BCUT2D eigenvalue weighted by Crippen LogP contribution is 2.32. The molecule has 0 aromatic heterocycles. The molecular weight excluding hydrogens is 304 g/mol. The number of hydrogen-bond acceptors (Lipinski definition) is 1. The highest BCUT2D eigenvalue weighted by atomic mass is 16.3. The molecule has 0 aromatic carbocycles. The van der Waals surface area contributed by atoms with E-state index in [9.17, 15) is 5.11 Å². The maximum atomic E-state index is 9.93. The third kappa shape index (κ3) is 12.9. The van der Waals surface area contributed by atoms with Crippen molar-refractivity contribution in [2.24, 2.45) is 11.8 Å². The molecule has 150 valence electrons. The summed E-state index contributed by atoms with van der Waals surface area (Å²) in [5.74, 6) is 1.43. The summed E-state index contributed by atoms with van der Waals surface area (Å²) in [5.41, 5.74) is 0. The largest absolute Gasteiger partial charge is 0.393 e. The minimum Gasteiger partial charge on any atom is -0.393 e. The fraction of sp³-hybridized carbons (Fsp3) is 1.00. The first kappa shape index (κ1) is 23.0. The van der Waals surface area contributed by atoms with Crippen LogP contribution in [0.15, 0.2) is 0 Å². The second kappa shape index (κ2) is 16.2. The fourth-order valence-electron chi connectivity index (χ4n) is 4.61. The highest BCUT2D eigenvalue weighted by molar-refractivity contribution is 4.78. The predicted octanol–water partition coefficient (Wildman–Crippen LogP) is 8.05. The van der Waals surface area contributed by atoms with Gasteiger partial charge in [0.15, 0.2) is 0 Å². The van der Waals surface area contributed by atoms with E-state index < -0.39 is 0 Å². The normalized spacial score (nSPS) is 21.7. The van der Waals surface area contributed by atoms with Gasteiger partial charge in [-0.2, -0.15) is 0 Å². The smallest absolute Gasteiger partial charge is 0.0568 e. The summed E-state index contributed by atoms with van der Waals surface area (Å²) in [6.07, 6.45) is 26.5. The van der Waals surface area contributed by atoms with E-state index in [1.165, 1.54) is 116 Å². The SMILES string of the molecule is CCCCCCCCCCCCCCCCC(C)C[C@H]1CCC[C@@H]1O. The molecular formula is C24H48O. The van der Waals surface area contributed by atoms with Crippen LogP contribution in [0.5, 0.6) is 0 Å². The van der Waals surface area contributed by atoms with E-state index in [-0.39, 0.29) is 6.10 Å². The summed E-state index contributed by atoms with van der Waals surface area (Å²) in [7, 11) is 0. The molecule has 0 saturated heterocycles. The van der Waals surface area contributed by atoms with Crippen LogP contribution >= 0.6 is 0 Å². The molecule has 1 nitrogen and oxygen atoms in total. The van der Waals surface area contributed by atoms with Gasteiger partial charge in [0.05, 0.1) is 6.10 Å². The van der Waals surface area contributed by atoms with E-state index >= 15 is 0 Å². The summed E-state index contributed by atoms with van der Waals surface area (Å²) < 4.78 is 0. The molecule has 25 heavy (non-hydrogen) atoms. The van der Waals surface area contributed by atoms with Gasteiger partial charge in [-0.25, -0.2) is 0 Å². The average Bonchev–Trinajstić information content (AvgIpc) is 3.00. The van der Waals surface area contributed by atoms with Crippen LogP contribution < -0.4 is 0 Å². The minimum atomic E-state index is 0.0128. The van der Waals surface area contributed by atoms with Crippen molar-refractivity contribution in [1.29, 1.82) is 0 Å². The predicted molar refractivity (Wildman–Crippen MR) is 112 cm³/mol. The van der Waals surface area contributed by atoms with E-state index in [4.69, 9.17) is 0 Å². The fourth-order valence-corrected chi connectivity index (χ4v) is 4.61. The van der Waals surface area contributed by atoms with Crippen LogP contribution in [-0.4, -0.2) is 11.2 Å². The molecule has 0 aliphatic heterocycles. The Morgan fingerprint density at radius 1 is 0.720 bits per heavy atom. The second-order valence-corrected chi connectivity index (χ2v) is 8.98. The van der Waals surface area contributed by atoms with Gasteiger partial charge in [0.25, 0.3) is 0 Å². The average molecular weight is 353 g/mol. The van der Waals surface area contributed by atoms with E-state index in [1.807, 2.05) is 0 Å². The molecule has 1 heteroatoms. The Balaban J connectivity index is 1.75. The van der Waals surface area contributed by atoms with Crippen molar-refractivity contribution in [2.45, 2.75) is 142 Å². The Labute approximate surface area is 159 Å². The zero-order valence-electron chi connectivity index (χ0n) is 17.6. The van der Waals surface area contributed by atoms with Crippen molar-refractivity contribution in [2.75, 3.05) is 0 Å². The molecule has 1 fully saturated rings. The van der Waals surface area contributed by atoms with Crippen molar-refractivity contribution < 1.29 is 5.11 Å². The molecule has 1 rings (SSSR count). The van der Waals surface area contributed by atoms with Gasteiger partial charge in [0, 0.05) is 0 Å². The molecule has 1 aliphatic carbocycles. The first-order valence-electron chi connectivity index (χ1n) is 11.9. The van der Waals surface area contributed by atoms with Gasteiger partial charge in [-0.3, -0.25) is 0 Å². The lowest BCUT2D eigenvalue weighted by molar-refractivity contribution is 0.117. The molecule has 0 bridgehead atoms. The van der Waals surface area contributed by atoms with Crippen molar-refractivity contribution in [3.63, 3.8) is 0 Å². The topological polar surface area (TPSA) is 20.2 Å². The van der Waals surface area contributed by atoms with Crippen LogP contribution in [0.3, 0.4) is 0 Å². The summed E-state index contributed by atoms with van der Waals surface area (Å²) >= 11 is 0. The Kier molecular flexibility index (Phi) is 14.9. The quantitative estimate of drug-likeness (QED) is 0.262. The number of rotatable bonds is 17. The van der Waals surface area contributed by atoms with Gasteiger partial charge < -0.3 is 5.11 Å². The second-order valence-electron chi connectivity index (χ2n) is 8.98. The van der Waals surface area contributed by atoms with Gasteiger partial charge in [0.1, 0.15) is 0 Å². The number of hydrogen-bond donors (Lipinski definition) is 1. The van der Waals surface area contributed by atoms with E-state index in [2.05, 4.69) is 13.8 Å². The molecule has 1 aliphatic rings. The standard InChI is InChI=1S/C24H48O/c1-3-4-5-6-7-8-9-10-11-12-13-14-15-16-18-22(2)21-23-19-17-20-24(23)25/h22-25H,3-21H2,1-2H3/t22?,23-,24+/m1/s1. The molecule has 1 saturated carbocycles. The monoisotopic (exact) mass is 352 g/mol. The number of unbranched alkanes of at least 4 members (excludes halogenated alkanes) is 13. The molecule has 1 N–H and O–H groups in total. The van der Waals surface area contributed by atoms with Crippen molar-refractivity contribution in [3.05, 3.63) is 0 Å². The van der Waals surface area contributed by atoms with Crippen molar-refractivity contribution >= 4 is 0 Å².